The molecule has 1 atom stereocenters. The van der Waals surface area contributed by atoms with Gasteiger partial charge in [0.2, 0.25) is 0 Å². The minimum absolute atomic E-state index is 0.0901. The summed E-state index contributed by atoms with van der Waals surface area (Å²) in [6.07, 6.45) is 0. The molecule has 1 aromatic carbocycles. The van der Waals surface area contributed by atoms with E-state index in [-0.39, 0.29) is 11.9 Å². The highest BCUT2D eigenvalue weighted by Crippen LogP contribution is 2.18. The van der Waals surface area contributed by atoms with Gasteiger partial charge in [-0.2, -0.15) is 0 Å². The zero-order valence-electron chi connectivity index (χ0n) is 16.8. The molecule has 1 unspecified atom stereocenters. The van der Waals surface area contributed by atoms with Crippen LogP contribution in [0.5, 0.6) is 0 Å². The third kappa shape index (κ3) is 6.36. The second-order valence-corrected chi connectivity index (χ2v) is 6.98. The lowest BCUT2D eigenvalue weighted by Crippen LogP contribution is -2.41. The maximum absolute atomic E-state index is 13.2. The molecule has 0 aliphatic heterocycles. The van der Waals surface area contributed by atoms with Crippen LogP contribution in [0, 0.1) is 5.82 Å². The van der Waals surface area contributed by atoms with Gasteiger partial charge in [-0.15, -0.1) is 0 Å². The van der Waals surface area contributed by atoms with Crippen LogP contribution in [0.4, 0.5) is 4.39 Å². The molecule has 0 aliphatic rings. The molecule has 0 bridgehead atoms. The Bertz CT molecular complexity index is 724. The second kappa shape index (κ2) is 10.1. The van der Waals surface area contributed by atoms with Crippen molar-refractivity contribution in [3.05, 3.63) is 53.2 Å². The maximum atomic E-state index is 13.2. The first-order chi connectivity index (χ1) is 12.9. The van der Waals surface area contributed by atoms with E-state index in [0.29, 0.717) is 25.0 Å². The normalized spacial score (nSPS) is 13.3. The molecule has 0 saturated carbocycles. The Kier molecular flexibility index (Phi) is 7.79. The van der Waals surface area contributed by atoms with E-state index in [1.165, 1.54) is 12.1 Å². The van der Waals surface area contributed by atoms with E-state index in [1.54, 1.807) is 0 Å². The fraction of sp³-hybridized carbons (Fsp3) is 0.500. The zero-order valence-corrected chi connectivity index (χ0v) is 16.8. The Hall–Kier alpha value is -2.41. The Balaban J connectivity index is 2.03. The monoisotopic (exact) mass is 375 g/mol. The highest BCUT2D eigenvalue weighted by molar-refractivity contribution is 5.79. The van der Waals surface area contributed by atoms with Crippen molar-refractivity contribution in [2.75, 3.05) is 27.2 Å². The first-order valence-electron chi connectivity index (χ1n) is 9.30. The van der Waals surface area contributed by atoms with Gasteiger partial charge in [-0.1, -0.05) is 31.1 Å². The molecule has 0 saturated heterocycles. The van der Waals surface area contributed by atoms with Crippen LogP contribution in [0.25, 0.3) is 0 Å². The number of aromatic nitrogens is 1. The minimum Gasteiger partial charge on any atom is -0.359 e. The van der Waals surface area contributed by atoms with Gasteiger partial charge < -0.3 is 20.1 Å². The molecule has 0 spiro atoms. The van der Waals surface area contributed by atoms with Crippen molar-refractivity contribution in [2.45, 2.75) is 39.3 Å². The van der Waals surface area contributed by atoms with Gasteiger partial charge in [0.05, 0.1) is 11.7 Å². The van der Waals surface area contributed by atoms with E-state index in [0.717, 1.165) is 23.6 Å². The lowest BCUT2D eigenvalue weighted by molar-refractivity contribution is 0.298. The van der Waals surface area contributed by atoms with Gasteiger partial charge in [0.15, 0.2) is 11.7 Å². The van der Waals surface area contributed by atoms with E-state index < -0.39 is 0 Å². The van der Waals surface area contributed by atoms with Gasteiger partial charge in [0, 0.05) is 19.2 Å². The molecule has 0 amide bonds. The summed E-state index contributed by atoms with van der Waals surface area (Å²) >= 11 is 0. The number of aliphatic imine (C=N–C) groups is 1. The molecule has 2 rings (SSSR count). The molecular formula is C20H30FN5O. The number of likely N-dealkylation sites (N-methyl/N-ethyl adjacent to an activating group) is 1. The number of nitrogens with zero attached hydrogens (tertiary/aromatic N) is 3. The van der Waals surface area contributed by atoms with Crippen LogP contribution in [0.2, 0.25) is 0 Å². The summed E-state index contributed by atoms with van der Waals surface area (Å²) in [7, 11) is 4.00. The van der Waals surface area contributed by atoms with Crippen LogP contribution in [0.15, 0.2) is 39.8 Å². The number of nitrogens with one attached hydrogen (secondary N) is 2. The van der Waals surface area contributed by atoms with Crippen LogP contribution in [0.1, 0.15) is 49.7 Å². The molecule has 2 aromatic rings. The molecule has 6 nitrogen and oxygen atoms in total. The van der Waals surface area contributed by atoms with Crippen molar-refractivity contribution >= 4 is 5.96 Å². The van der Waals surface area contributed by atoms with Crippen molar-refractivity contribution in [3.63, 3.8) is 0 Å². The molecule has 0 fully saturated rings. The SMILES string of the molecule is CCNC(=NCc1cc(C(C)C)no1)NCC(c1ccc(F)cc1)N(C)C. The molecule has 148 valence electrons. The van der Waals surface area contributed by atoms with E-state index in [4.69, 9.17) is 4.52 Å². The van der Waals surface area contributed by atoms with E-state index >= 15 is 0 Å². The van der Waals surface area contributed by atoms with Crippen molar-refractivity contribution < 1.29 is 8.91 Å². The van der Waals surface area contributed by atoms with Gasteiger partial charge in [-0.3, -0.25) is 0 Å². The Morgan fingerprint density at radius 1 is 1.22 bits per heavy atom. The lowest BCUT2D eigenvalue weighted by Gasteiger charge is -2.26. The number of hydrogen-bond donors (Lipinski definition) is 2. The van der Waals surface area contributed by atoms with Crippen molar-refractivity contribution in [2.24, 2.45) is 4.99 Å². The number of guanidine groups is 1. The number of rotatable bonds is 8. The predicted octanol–water partition coefficient (Wildman–Crippen LogP) is 3.30. The van der Waals surface area contributed by atoms with E-state index in [9.17, 15) is 4.39 Å². The summed E-state index contributed by atoms with van der Waals surface area (Å²) < 4.78 is 18.5. The van der Waals surface area contributed by atoms with Gasteiger partial charge in [-0.25, -0.2) is 9.38 Å². The Morgan fingerprint density at radius 2 is 1.93 bits per heavy atom. The largest absolute Gasteiger partial charge is 0.359 e. The molecule has 7 heteroatoms. The van der Waals surface area contributed by atoms with Crippen molar-refractivity contribution in [3.8, 4) is 0 Å². The molecule has 1 aromatic heterocycles. The molecule has 2 N–H and O–H groups in total. The summed E-state index contributed by atoms with van der Waals surface area (Å²) in [6.45, 7) is 7.98. The highest BCUT2D eigenvalue weighted by Gasteiger charge is 2.15. The van der Waals surface area contributed by atoms with Crippen LogP contribution in [-0.4, -0.2) is 43.2 Å². The minimum atomic E-state index is -0.230. The fourth-order valence-corrected chi connectivity index (χ4v) is 2.65. The Morgan fingerprint density at radius 3 is 2.48 bits per heavy atom. The number of halogens is 1. The number of hydrogen-bond acceptors (Lipinski definition) is 4. The van der Waals surface area contributed by atoms with Gasteiger partial charge >= 0.3 is 0 Å². The van der Waals surface area contributed by atoms with Crippen LogP contribution >= 0.6 is 0 Å². The molecule has 0 radical (unpaired) electrons. The average Bonchev–Trinajstić information content (AvgIpc) is 3.10. The standard InChI is InChI=1S/C20H30FN5O/c1-6-22-20(23-12-17-11-18(14(2)3)25-27-17)24-13-19(26(4)5)15-7-9-16(21)10-8-15/h7-11,14,19H,6,12-13H2,1-5H3,(H2,22,23,24). The second-order valence-electron chi connectivity index (χ2n) is 6.98. The zero-order chi connectivity index (χ0) is 19.8. The summed E-state index contributed by atoms with van der Waals surface area (Å²) in [5.74, 6) is 1.54. The summed E-state index contributed by atoms with van der Waals surface area (Å²) in [5.41, 5.74) is 1.98. The first kappa shape index (κ1) is 20.9. The molecule has 27 heavy (non-hydrogen) atoms. The van der Waals surface area contributed by atoms with Gasteiger partial charge in [-0.05, 0) is 44.6 Å². The lowest BCUT2D eigenvalue weighted by atomic mass is 10.1. The molecule has 1 heterocycles. The van der Waals surface area contributed by atoms with Crippen LogP contribution < -0.4 is 10.6 Å². The topological polar surface area (TPSA) is 65.7 Å². The van der Waals surface area contributed by atoms with Gasteiger partial charge in [0.1, 0.15) is 12.4 Å². The third-order valence-corrected chi connectivity index (χ3v) is 4.25. The molecule has 0 aliphatic carbocycles. The quantitative estimate of drug-likeness (QED) is 0.547. The van der Waals surface area contributed by atoms with Crippen LogP contribution in [-0.2, 0) is 6.54 Å². The smallest absolute Gasteiger partial charge is 0.191 e. The van der Waals surface area contributed by atoms with Crippen LogP contribution in [0.3, 0.4) is 0 Å². The predicted molar refractivity (Wildman–Crippen MR) is 106 cm³/mol. The highest BCUT2D eigenvalue weighted by atomic mass is 19.1. The van der Waals surface area contributed by atoms with E-state index in [2.05, 4.69) is 39.5 Å². The molecular weight excluding hydrogens is 345 g/mol. The first-order valence-corrected chi connectivity index (χ1v) is 9.30. The average molecular weight is 375 g/mol. The van der Waals surface area contributed by atoms with Gasteiger partial charge in [0.25, 0.3) is 0 Å². The summed E-state index contributed by atoms with van der Waals surface area (Å²) in [6, 6.07) is 8.63. The van der Waals surface area contributed by atoms with Crippen molar-refractivity contribution in [1.29, 1.82) is 0 Å². The fourth-order valence-electron chi connectivity index (χ4n) is 2.65. The maximum Gasteiger partial charge on any atom is 0.191 e. The number of benzene rings is 1. The van der Waals surface area contributed by atoms with Crippen molar-refractivity contribution in [1.82, 2.24) is 20.7 Å². The van der Waals surface area contributed by atoms with E-state index in [1.807, 2.05) is 39.2 Å². The summed E-state index contributed by atoms with van der Waals surface area (Å²) in [4.78, 5) is 6.67. The summed E-state index contributed by atoms with van der Waals surface area (Å²) in [5, 5.41) is 10.7. The third-order valence-electron chi connectivity index (χ3n) is 4.25. The Labute approximate surface area is 160 Å².